The third kappa shape index (κ3) is 12.4. The number of ether oxygens (including phenoxy) is 1. The number of rotatable bonds is 17. The van der Waals surface area contributed by atoms with Gasteiger partial charge in [-0.25, -0.2) is 4.57 Å². The van der Waals surface area contributed by atoms with Gasteiger partial charge in [0.15, 0.2) is 6.20 Å². The minimum Gasteiger partial charge on any atom is -1.00 e. The molecule has 1 heterocycles. The number of benzene rings is 1. The maximum absolute atomic E-state index is 12.4. The second kappa shape index (κ2) is 18.9. The number of nitrogens with one attached hydrogen (secondary N) is 1. The molecule has 6 heteroatoms. The summed E-state index contributed by atoms with van der Waals surface area (Å²) in [5, 5.41) is 3.57. The van der Waals surface area contributed by atoms with Crippen molar-refractivity contribution in [2.75, 3.05) is 6.61 Å². The van der Waals surface area contributed by atoms with Gasteiger partial charge in [0.05, 0.1) is 18.1 Å². The van der Waals surface area contributed by atoms with Gasteiger partial charge in [-0.1, -0.05) is 88.4 Å². The van der Waals surface area contributed by atoms with Crippen molar-refractivity contribution >= 4 is 17.5 Å². The van der Waals surface area contributed by atoms with Crippen LogP contribution in [0.5, 0.6) is 5.75 Å². The lowest BCUT2D eigenvalue weighted by Crippen LogP contribution is -3.00. The SMILES string of the molecule is CCCCCCCCCCCCOc1ccc(CC(=O)NCc2cccc[n+]2CC)cc1Cl.[I-]. The number of carbonyl (C=O) groups excluding carboxylic acids is 1. The summed E-state index contributed by atoms with van der Waals surface area (Å²) in [6.45, 7) is 6.43. The van der Waals surface area contributed by atoms with E-state index in [-0.39, 0.29) is 29.9 Å². The largest absolute Gasteiger partial charge is 1.00 e. The molecule has 1 N–H and O–H groups in total. The van der Waals surface area contributed by atoms with Gasteiger partial charge in [0, 0.05) is 12.1 Å². The molecule has 190 valence electrons. The van der Waals surface area contributed by atoms with Gasteiger partial charge in [-0.3, -0.25) is 4.79 Å². The van der Waals surface area contributed by atoms with Crippen LogP contribution in [0.3, 0.4) is 0 Å². The van der Waals surface area contributed by atoms with Gasteiger partial charge in [0.25, 0.3) is 0 Å². The summed E-state index contributed by atoms with van der Waals surface area (Å²) in [7, 11) is 0. The zero-order valence-electron chi connectivity index (χ0n) is 21.0. The molecule has 1 amide bonds. The average molecular weight is 601 g/mol. The molecule has 0 saturated carbocycles. The van der Waals surface area contributed by atoms with E-state index in [0.29, 0.717) is 30.3 Å². The molecule has 0 saturated heterocycles. The van der Waals surface area contributed by atoms with E-state index in [1.165, 1.54) is 57.8 Å². The van der Waals surface area contributed by atoms with E-state index in [0.717, 1.165) is 24.2 Å². The Morgan fingerprint density at radius 3 is 2.26 bits per heavy atom. The monoisotopic (exact) mass is 600 g/mol. The molecule has 0 aliphatic rings. The summed E-state index contributed by atoms with van der Waals surface area (Å²) in [6.07, 6.45) is 15.4. The molecule has 0 aliphatic heterocycles. The van der Waals surface area contributed by atoms with Crippen molar-refractivity contribution in [1.82, 2.24) is 5.32 Å². The maximum Gasteiger partial charge on any atom is 0.224 e. The predicted octanol–water partition coefficient (Wildman–Crippen LogP) is 3.81. The summed E-state index contributed by atoms with van der Waals surface area (Å²) in [5.74, 6) is 0.682. The first kappa shape index (κ1) is 30.7. The van der Waals surface area contributed by atoms with Crippen molar-refractivity contribution in [1.29, 1.82) is 0 Å². The fourth-order valence-electron chi connectivity index (χ4n) is 3.96. The van der Waals surface area contributed by atoms with E-state index in [9.17, 15) is 4.79 Å². The van der Waals surface area contributed by atoms with Crippen LogP contribution in [0.1, 0.15) is 89.3 Å². The highest BCUT2D eigenvalue weighted by atomic mass is 127. The molecule has 0 fully saturated rings. The number of pyridine rings is 1. The number of amides is 1. The number of hydrogen-bond donors (Lipinski definition) is 1. The van der Waals surface area contributed by atoms with E-state index in [1.807, 2.05) is 42.6 Å². The smallest absolute Gasteiger partial charge is 0.224 e. The third-order valence-electron chi connectivity index (χ3n) is 5.96. The Morgan fingerprint density at radius 1 is 0.941 bits per heavy atom. The quantitative estimate of drug-likeness (QED) is 0.171. The second-order valence-corrected chi connectivity index (χ2v) is 9.13. The van der Waals surface area contributed by atoms with E-state index >= 15 is 0 Å². The molecule has 0 unspecified atom stereocenters. The third-order valence-corrected chi connectivity index (χ3v) is 6.25. The van der Waals surface area contributed by atoms with Crippen molar-refractivity contribution in [2.45, 2.75) is 97.6 Å². The van der Waals surface area contributed by atoms with Gasteiger partial charge in [-0.05, 0) is 31.0 Å². The lowest BCUT2D eigenvalue weighted by molar-refractivity contribution is -0.701. The molecule has 0 spiro atoms. The van der Waals surface area contributed by atoms with Crippen LogP contribution in [0.25, 0.3) is 0 Å². The van der Waals surface area contributed by atoms with E-state index in [2.05, 4.69) is 23.7 Å². The number of hydrogen-bond acceptors (Lipinski definition) is 2. The zero-order valence-corrected chi connectivity index (χ0v) is 23.9. The van der Waals surface area contributed by atoms with Crippen LogP contribution in [-0.4, -0.2) is 12.5 Å². The molecule has 1 aromatic heterocycles. The van der Waals surface area contributed by atoms with Gasteiger partial charge in [-0.2, -0.15) is 0 Å². The van der Waals surface area contributed by atoms with Crippen molar-refractivity contribution in [3.8, 4) is 5.75 Å². The number of aromatic nitrogens is 1. The summed E-state index contributed by atoms with van der Waals surface area (Å²) >= 11 is 6.40. The van der Waals surface area contributed by atoms with E-state index < -0.39 is 0 Å². The van der Waals surface area contributed by atoms with Crippen LogP contribution in [0.15, 0.2) is 42.6 Å². The van der Waals surface area contributed by atoms with Crippen LogP contribution in [-0.2, 0) is 24.3 Å². The lowest BCUT2D eigenvalue weighted by atomic mass is 10.1. The minimum atomic E-state index is -0.0170. The number of aryl methyl sites for hydroxylation is 1. The van der Waals surface area contributed by atoms with Crippen molar-refractivity contribution in [3.05, 3.63) is 58.9 Å². The Bertz CT molecular complexity index is 832. The normalized spacial score (nSPS) is 10.6. The second-order valence-electron chi connectivity index (χ2n) is 8.73. The standard InChI is InChI=1S/C28H41ClN2O2.HI/c1-3-5-6-7-8-9-10-11-12-15-20-33-27-18-17-24(21-26(27)29)22-28(32)30-23-25-16-13-14-19-31(25)4-2;/h13-14,16-19,21H,3-12,15,20,22-23H2,1-2H3;1H. The number of nitrogens with zero attached hydrogens (tertiary/aromatic N) is 1. The molecule has 2 aromatic rings. The summed E-state index contributed by atoms with van der Waals surface area (Å²) in [6, 6.07) is 11.7. The molecular formula is C28H42ClIN2O2. The predicted molar refractivity (Wildman–Crippen MR) is 137 cm³/mol. The maximum atomic E-state index is 12.4. The Morgan fingerprint density at radius 2 is 1.62 bits per heavy atom. The lowest BCUT2D eigenvalue weighted by Gasteiger charge is -2.10. The topological polar surface area (TPSA) is 42.2 Å². The number of unbranched alkanes of at least 4 members (excludes halogenated alkanes) is 9. The first-order valence-electron chi connectivity index (χ1n) is 12.8. The molecular weight excluding hydrogens is 559 g/mol. The average Bonchev–Trinajstić information content (AvgIpc) is 2.82. The molecule has 0 atom stereocenters. The number of halogens is 2. The minimum absolute atomic E-state index is 0. The summed E-state index contributed by atoms with van der Waals surface area (Å²) < 4.78 is 7.99. The Labute approximate surface area is 228 Å². The Balaban J connectivity index is 0.00000578. The van der Waals surface area contributed by atoms with Gasteiger partial charge in [0.1, 0.15) is 18.8 Å². The Hall–Kier alpha value is -1.34. The van der Waals surface area contributed by atoms with Gasteiger partial charge in [-0.15, -0.1) is 0 Å². The van der Waals surface area contributed by atoms with Crippen LogP contribution >= 0.6 is 11.6 Å². The summed E-state index contributed by atoms with van der Waals surface area (Å²) in [5.41, 5.74) is 1.97. The van der Waals surface area contributed by atoms with Crippen LogP contribution in [0.2, 0.25) is 5.02 Å². The fourth-order valence-corrected chi connectivity index (χ4v) is 4.22. The molecule has 4 nitrogen and oxygen atoms in total. The molecule has 34 heavy (non-hydrogen) atoms. The highest BCUT2D eigenvalue weighted by Gasteiger charge is 2.11. The highest BCUT2D eigenvalue weighted by Crippen LogP contribution is 2.26. The van der Waals surface area contributed by atoms with Crippen molar-refractivity contribution in [3.63, 3.8) is 0 Å². The molecule has 0 bridgehead atoms. The van der Waals surface area contributed by atoms with Crippen LogP contribution < -0.4 is 38.6 Å². The van der Waals surface area contributed by atoms with Crippen molar-refractivity contribution < 1.29 is 38.1 Å². The van der Waals surface area contributed by atoms with Gasteiger partial charge >= 0.3 is 0 Å². The van der Waals surface area contributed by atoms with Crippen molar-refractivity contribution in [2.24, 2.45) is 0 Å². The zero-order chi connectivity index (χ0) is 23.7. The summed E-state index contributed by atoms with van der Waals surface area (Å²) in [4.78, 5) is 12.4. The van der Waals surface area contributed by atoms with Crippen LogP contribution in [0.4, 0.5) is 0 Å². The van der Waals surface area contributed by atoms with Gasteiger partial charge in [0.2, 0.25) is 11.6 Å². The van der Waals surface area contributed by atoms with Crippen LogP contribution in [0, 0.1) is 0 Å². The molecule has 2 rings (SSSR count). The fraction of sp³-hybridized carbons (Fsp3) is 0.571. The highest BCUT2D eigenvalue weighted by molar-refractivity contribution is 6.32. The Kier molecular flexibility index (Phi) is 17.1. The van der Waals surface area contributed by atoms with E-state index in [4.69, 9.17) is 16.3 Å². The molecule has 0 radical (unpaired) electrons. The van der Waals surface area contributed by atoms with E-state index in [1.54, 1.807) is 0 Å². The molecule has 1 aromatic carbocycles. The first-order valence-corrected chi connectivity index (χ1v) is 13.2. The van der Waals surface area contributed by atoms with Gasteiger partial charge < -0.3 is 34.0 Å². The molecule has 0 aliphatic carbocycles. The first-order chi connectivity index (χ1) is 16.1. The number of carbonyl (C=O) groups is 1.